The van der Waals surface area contributed by atoms with Crippen LogP contribution >= 0.6 is 15.9 Å². The van der Waals surface area contributed by atoms with Crippen LogP contribution in [0.25, 0.3) is 5.70 Å². The van der Waals surface area contributed by atoms with E-state index in [1.165, 1.54) is 56.7 Å². The number of methoxy groups -OCH3 is 3. The molecule has 10 nitrogen and oxygen atoms in total. The van der Waals surface area contributed by atoms with Gasteiger partial charge in [0.25, 0.3) is 0 Å². The van der Waals surface area contributed by atoms with Gasteiger partial charge in [-0.1, -0.05) is 15.9 Å². The van der Waals surface area contributed by atoms with Crippen LogP contribution in [0.5, 0.6) is 11.5 Å². The first-order chi connectivity index (χ1) is 19.0. The van der Waals surface area contributed by atoms with E-state index < -0.39 is 41.2 Å². The van der Waals surface area contributed by atoms with Crippen LogP contribution < -0.4 is 14.4 Å². The van der Waals surface area contributed by atoms with Crippen LogP contribution in [-0.2, 0) is 14.3 Å². The molecule has 1 heterocycles. The van der Waals surface area contributed by atoms with Gasteiger partial charge < -0.3 is 29.3 Å². The smallest absolute Gasteiger partial charge is 0.337 e. The first-order valence-corrected chi connectivity index (χ1v) is 12.6. The number of hydrogen-bond acceptors (Lipinski definition) is 9. The van der Waals surface area contributed by atoms with Gasteiger partial charge in [-0.15, -0.1) is 0 Å². The third kappa shape index (κ3) is 5.08. The number of carboxylic acids is 1. The van der Waals surface area contributed by atoms with Crippen molar-refractivity contribution in [1.82, 2.24) is 0 Å². The van der Waals surface area contributed by atoms with Crippen molar-refractivity contribution in [2.75, 3.05) is 26.2 Å². The molecule has 1 aliphatic rings. The van der Waals surface area contributed by atoms with E-state index in [-0.39, 0.29) is 28.1 Å². The molecule has 0 amide bonds. The molecule has 4 rings (SSSR count). The van der Waals surface area contributed by atoms with Gasteiger partial charge in [-0.2, -0.15) is 0 Å². The number of halogens is 1. The Morgan fingerprint density at radius 3 is 2.00 bits per heavy atom. The normalized spacial score (nSPS) is 16.6. The highest BCUT2D eigenvalue weighted by molar-refractivity contribution is 9.10. The summed E-state index contributed by atoms with van der Waals surface area (Å²) >= 11 is 3.24. The van der Waals surface area contributed by atoms with Gasteiger partial charge in [0, 0.05) is 10.0 Å². The maximum atomic E-state index is 14.1. The number of ketones is 2. The van der Waals surface area contributed by atoms with Crippen LogP contribution in [0.2, 0.25) is 0 Å². The Morgan fingerprint density at radius 1 is 0.900 bits per heavy atom. The molecule has 0 bridgehead atoms. The molecule has 0 aliphatic carbocycles. The molecular weight excluding hydrogens is 586 g/mol. The van der Waals surface area contributed by atoms with E-state index in [0.29, 0.717) is 16.0 Å². The molecule has 0 spiro atoms. The minimum atomic E-state index is -2.70. The maximum Gasteiger partial charge on any atom is 0.337 e. The fourth-order valence-corrected chi connectivity index (χ4v) is 4.81. The van der Waals surface area contributed by atoms with E-state index in [4.69, 9.17) is 14.2 Å². The van der Waals surface area contributed by atoms with Crippen LogP contribution in [0.15, 0.2) is 76.8 Å². The van der Waals surface area contributed by atoms with E-state index in [0.717, 1.165) is 12.0 Å². The van der Waals surface area contributed by atoms with E-state index in [2.05, 4.69) is 15.9 Å². The highest BCUT2D eigenvalue weighted by Crippen LogP contribution is 2.46. The number of carboxylic acid groups (broad SMARTS) is 1. The summed E-state index contributed by atoms with van der Waals surface area (Å²) in [5.74, 6) is -3.22. The Kier molecular flexibility index (Phi) is 8.08. The number of rotatable bonds is 9. The van der Waals surface area contributed by atoms with Crippen molar-refractivity contribution in [2.24, 2.45) is 0 Å². The quantitative estimate of drug-likeness (QED) is 0.207. The number of ether oxygens (including phenoxy) is 3. The zero-order valence-electron chi connectivity index (χ0n) is 21.6. The van der Waals surface area contributed by atoms with Gasteiger partial charge in [-0.25, -0.2) is 4.79 Å². The zero-order valence-corrected chi connectivity index (χ0v) is 23.2. The minimum Gasteiger partial charge on any atom is -0.497 e. The Morgan fingerprint density at radius 2 is 1.48 bits per heavy atom. The average Bonchev–Trinajstić information content (AvgIpc) is 3.18. The van der Waals surface area contributed by atoms with Crippen LogP contribution in [-0.4, -0.2) is 60.8 Å². The summed E-state index contributed by atoms with van der Waals surface area (Å²) in [6.45, 7) is 0. The molecule has 11 heteroatoms. The molecule has 0 saturated carbocycles. The van der Waals surface area contributed by atoms with Gasteiger partial charge in [-0.3, -0.25) is 14.4 Å². The molecule has 3 aromatic rings. The van der Waals surface area contributed by atoms with Gasteiger partial charge in [0.15, 0.2) is 5.78 Å². The Bertz CT molecular complexity index is 1530. The fourth-order valence-electron chi connectivity index (χ4n) is 4.45. The number of nitrogens with zero attached hydrogens (tertiary/aromatic N) is 1. The zero-order chi connectivity index (χ0) is 29.2. The first kappa shape index (κ1) is 28.5. The number of Topliss-reactive ketones (excluding diaryl/α,β-unsaturated/α-hetero) is 2. The van der Waals surface area contributed by atoms with Crippen molar-refractivity contribution >= 4 is 50.8 Å². The summed E-state index contributed by atoms with van der Waals surface area (Å²) in [4.78, 5) is 53.8. The van der Waals surface area contributed by atoms with Gasteiger partial charge in [0.05, 0.1) is 43.9 Å². The predicted octanol–water partition coefficient (Wildman–Crippen LogP) is 4.10. The molecule has 40 heavy (non-hydrogen) atoms. The van der Waals surface area contributed by atoms with Gasteiger partial charge in [-0.05, 0) is 72.3 Å². The van der Waals surface area contributed by atoms with Crippen molar-refractivity contribution in [2.45, 2.75) is 12.1 Å². The summed E-state index contributed by atoms with van der Waals surface area (Å²) in [6.07, 6.45) is -0.892. The topological polar surface area (TPSA) is 140 Å². The van der Waals surface area contributed by atoms with E-state index >= 15 is 0 Å². The van der Waals surface area contributed by atoms with E-state index in [1.807, 2.05) is 0 Å². The number of esters is 1. The van der Waals surface area contributed by atoms with Crippen molar-refractivity contribution in [3.8, 4) is 11.5 Å². The second-order valence-corrected chi connectivity index (χ2v) is 9.63. The van der Waals surface area contributed by atoms with Gasteiger partial charge in [0.2, 0.25) is 11.5 Å². The second kappa shape index (κ2) is 11.3. The number of carbonyl (C=O) groups is 4. The van der Waals surface area contributed by atoms with Gasteiger partial charge >= 0.3 is 11.9 Å². The molecule has 1 aliphatic heterocycles. The number of benzene rings is 3. The molecule has 0 fully saturated rings. The lowest BCUT2D eigenvalue weighted by Crippen LogP contribution is -2.52. The molecule has 0 saturated heterocycles. The third-order valence-corrected chi connectivity index (χ3v) is 6.91. The highest BCUT2D eigenvalue weighted by Gasteiger charge is 2.56. The summed E-state index contributed by atoms with van der Waals surface area (Å²) in [5, 5.41) is 22.0. The second-order valence-electron chi connectivity index (χ2n) is 8.71. The standard InChI is InChI=1S/C29H24BrNO9/c1-38-19-9-4-16(5-10-19)25-24(26(33)17-6-11-20(39-2)12-7-17)27(34)29(37,15-23(32)40-3)31(25)22-13-8-18(30)14-21(22)28(35)36/h4-14,37H,15H2,1-3H3,(H,35,36). The van der Waals surface area contributed by atoms with Crippen LogP contribution in [0.4, 0.5) is 5.69 Å². The molecular formula is C29H24BrNO9. The molecule has 1 unspecified atom stereocenters. The molecule has 3 aromatic carbocycles. The van der Waals surface area contributed by atoms with E-state index in [1.54, 1.807) is 24.3 Å². The molecule has 1 atom stereocenters. The monoisotopic (exact) mass is 609 g/mol. The van der Waals surface area contributed by atoms with Crippen molar-refractivity contribution in [3.63, 3.8) is 0 Å². The Balaban J connectivity index is 2.07. The van der Waals surface area contributed by atoms with Gasteiger partial charge in [0.1, 0.15) is 17.9 Å². The lowest BCUT2D eigenvalue weighted by atomic mass is 9.93. The number of hydrogen-bond donors (Lipinski definition) is 2. The first-order valence-electron chi connectivity index (χ1n) is 11.8. The minimum absolute atomic E-state index is 0.0929. The van der Waals surface area contributed by atoms with Crippen molar-refractivity contribution in [1.29, 1.82) is 0 Å². The Hall–Kier alpha value is -4.48. The van der Waals surface area contributed by atoms with Crippen molar-refractivity contribution < 1.29 is 43.6 Å². The predicted molar refractivity (Wildman–Crippen MR) is 147 cm³/mol. The highest BCUT2D eigenvalue weighted by atomic mass is 79.9. The number of carbonyl (C=O) groups excluding carboxylic acids is 3. The van der Waals surface area contributed by atoms with E-state index in [9.17, 15) is 29.4 Å². The summed E-state index contributed by atoms with van der Waals surface area (Å²) in [5.41, 5.74) is -3.27. The van der Waals surface area contributed by atoms with Crippen LogP contribution in [0.3, 0.4) is 0 Å². The molecule has 2 N–H and O–H groups in total. The summed E-state index contributed by atoms with van der Waals surface area (Å²) in [7, 11) is 4.01. The Labute approximate surface area is 237 Å². The third-order valence-electron chi connectivity index (χ3n) is 6.41. The molecule has 0 radical (unpaired) electrons. The fraction of sp³-hybridized carbons (Fsp3) is 0.172. The lowest BCUT2D eigenvalue weighted by molar-refractivity contribution is -0.150. The average molecular weight is 610 g/mol. The number of aliphatic hydroxyl groups is 1. The maximum absolute atomic E-state index is 14.1. The SMILES string of the molecule is COC(=O)CC1(O)C(=O)C(C(=O)c2ccc(OC)cc2)=C(c2ccc(OC)cc2)N1c1ccc(Br)cc1C(=O)O. The molecule has 0 aromatic heterocycles. The lowest BCUT2D eigenvalue weighted by Gasteiger charge is -2.36. The number of aromatic carboxylic acids is 1. The van der Waals surface area contributed by atoms with Crippen LogP contribution in [0, 0.1) is 0 Å². The van der Waals surface area contributed by atoms with Crippen LogP contribution in [0.1, 0.15) is 32.7 Å². The molecule has 206 valence electrons. The number of anilines is 1. The largest absolute Gasteiger partial charge is 0.497 e. The summed E-state index contributed by atoms with van der Waals surface area (Å²) in [6, 6.07) is 16.4. The summed E-state index contributed by atoms with van der Waals surface area (Å²) < 4.78 is 15.6. The van der Waals surface area contributed by atoms with Crippen molar-refractivity contribution in [3.05, 3.63) is 93.5 Å².